The number of H-pyrrole nitrogens is 1. The number of alkyl carbamates (subject to hydrolysis) is 1. The fourth-order valence-corrected chi connectivity index (χ4v) is 5.85. The first kappa shape index (κ1) is 34.1. The second kappa shape index (κ2) is 17.0. The molecule has 0 bridgehead atoms. The van der Waals surface area contributed by atoms with Gasteiger partial charge in [-0.2, -0.15) is 4.98 Å². The first-order chi connectivity index (χ1) is 19.4. The van der Waals surface area contributed by atoms with Crippen LogP contribution >= 0.6 is 0 Å². The summed E-state index contributed by atoms with van der Waals surface area (Å²) in [7, 11) is 0. The largest absolute Gasteiger partial charge is 0.466 e. The Bertz CT molecular complexity index is 1040. The van der Waals surface area contributed by atoms with Crippen LogP contribution < -0.4 is 21.5 Å². The normalized spacial score (nSPS) is 19.7. The van der Waals surface area contributed by atoms with E-state index < -0.39 is 17.7 Å². The molecule has 232 valence electrons. The van der Waals surface area contributed by atoms with Crippen LogP contribution in [0.5, 0.6) is 0 Å². The summed E-state index contributed by atoms with van der Waals surface area (Å²) in [6.07, 6.45) is 10.1. The van der Waals surface area contributed by atoms with Crippen LogP contribution in [0.3, 0.4) is 0 Å². The lowest BCUT2D eigenvalue weighted by Gasteiger charge is -2.46. The first-order valence-electron chi connectivity index (χ1n) is 15.1. The smallest absolute Gasteiger partial charge is 0.407 e. The zero-order valence-corrected chi connectivity index (χ0v) is 25.7. The van der Waals surface area contributed by atoms with Crippen LogP contribution in [0.1, 0.15) is 110 Å². The number of carbonyl (C=O) groups excluding carboxylic acids is 3. The van der Waals surface area contributed by atoms with Gasteiger partial charge in [0.1, 0.15) is 0 Å². The SMILES string of the molecule is CCCCCCCOC(=O)CCCCCOC(=O)NCC1(C)CC(NC(=O)Nc2nc(=O)cc(C)[nH]2)CC(C)(C)C1. The number of aromatic nitrogens is 2. The average molecular weight is 578 g/mol. The third-order valence-electron chi connectivity index (χ3n) is 7.32. The van der Waals surface area contributed by atoms with E-state index in [-0.39, 0.29) is 28.8 Å². The summed E-state index contributed by atoms with van der Waals surface area (Å²) in [6, 6.07) is 0.796. The zero-order chi connectivity index (χ0) is 30.3. The van der Waals surface area contributed by atoms with Crippen LogP contribution in [-0.4, -0.2) is 53.9 Å². The van der Waals surface area contributed by atoms with Crippen molar-refractivity contribution in [2.24, 2.45) is 10.8 Å². The van der Waals surface area contributed by atoms with Crippen molar-refractivity contribution in [3.05, 3.63) is 22.1 Å². The molecule has 1 heterocycles. The molecule has 1 aliphatic carbocycles. The van der Waals surface area contributed by atoms with Gasteiger partial charge in [0.2, 0.25) is 5.95 Å². The predicted octanol–water partition coefficient (Wildman–Crippen LogP) is 5.59. The van der Waals surface area contributed by atoms with Crippen molar-refractivity contribution in [1.82, 2.24) is 20.6 Å². The van der Waals surface area contributed by atoms with Gasteiger partial charge in [-0.05, 0) is 62.7 Å². The maximum Gasteiger partial charge on any atom is 0.407 e. The van der Waals surface area contributed by atoms with Gasteiger partial charge in [-0.3, -0.25) is 14.9 Å². The monoisotopic (exact) mass is 577 g/mol. The number of urea groups is 1. The molecule has 1 aromatic rings. The number of ether oxygens (including phenoxy) is 2. The number of nitrogens with zero attached hydrogens (tertiary/aromatic N) is 1. The van der Waals surface area contributed by atoms with E-state index in [4.69, 9.17) is 9.47 Å². The summed E-state index contributed by atoms with van der Waals surface area (Å²) < 4.78 is 10.6. The second-order valence-electron chi connectivity index (χ2n) is 12.5. The van der Waals surface area contributed by atoms with Crippen molar-refractivity contribution < 1.29 is 23.9 Å². The van der Waals surface area contributed by atoms with Gasteiger partial charge >= 0.3 is 18.1 Å². The fraction of sp³-hybridized carbons (Fsp3) is 0.767. The molecule has 1 aromatic heterocycles. The molecule has 2 rings (SSSR count). The molecule has 11 heteroatoms. The lowest BCUT2D eigenvalue weighted by atomic mass is 9.62. The molecule has 0 spiro atoms. The summed E-state index contributed by atoms with van der Waals surface area (Å²) >= 11 is 0. The maximum atomic E-state index is 12.6. The van der Waals surface area contributed by atoms with Gasteiger partial charge in [0, 0.05) is 30.8 Å². The van der Waals surface area contributed by atoms with Crippen molar-refractivity contribution in [3.63, 3.8) is 0 Å². The third-order valence-corrected chi connectivity index (χ3v) is 7.32. The van der Waals surface area contributed by atoms with E-state index in [2.05, 4.69) is 53.6 Å². The molecule has 11 nitrogen and oxygen atoms in total. The third kappa shape index (κ3) is 14.4. The Labute approximate surface area is 244 Å². The molecular formula is C30H51N5O6. The Kier molecular flexibility index (Phi) is 14.1. The fourth-order valence-electron chi connectivity index (χ4n) is 5.85. The Morgan fingerprint density at radius 3 is 2.39 bits per heavy atom. The summed E-state index contributed by atoms with van der Waals surface area (Å²) in [4.78, 5) is 55.0. The minimum atomic E-state index is -0.464. The van der Waals surface area contributed by atoms with Crippen molar-refractivity contribution in [2.75, 3.05) is 25.1 Å². The van der Waals surface area contributed by atoms with Gasteiger partial charge in [-0.1, -0.05) is 53.4 Å². The number of hydrogen-bond acceptors (Lipinski definition) is 7. The van der Waals surface area contributed by atoms with Gasteiger partial charge in [0.25, 0.3) is 5.56 Å². The highest BCUT2D eigenvalue weighted by Crippen LogP contribution is 2.45. The minimum absolute atomic E-state index is 0.0529. The van der Waals surface area contributed by atoms with E-state index in [1.807, 2.05) is 0 Å². The minimum Gasteiger partial charge on any atom is -0.466 e. The van der Waals surface area contributed by atoms with Crippen LogP contribution in [0.4, 0.5) is 15.5 Å². The molecule has 2 unspecified atom stereocenters. The quantitative estimate of drug-likeness (QED) is 0.148. The highest BCUT2D eigenvalue weighted by Gasteiger charge is 2.42. The lowest BCUT2D eigenvalue weighted by molar-refractivity contribution is -0.143. The molecule has 0 aliphatic heterocycles. The van der Waals surface area contributed by atoms with Crippen molar-refractivity contribution in [3.8, 4) is 0 Å². The Morgan fingerprint density at radius 1 is 1.00 bits per heavy atom. The van der Waals surface area contributed by atoms with Crippen LogP contribution in [-0.2, 0) is 14.3 Å². The van der Waals surface area contributed by atoms with Gasteiger partial charge < -0.3 is 25.1 Å². The summed E-state index contributed by atoms with van der Waals surface area (Å²) in [5, 5.41) is 8.50. The van der Waals surface area contributed by atoms with E-state index in [1.165, 1.54) is 25.3 Å². The molecular weight excluding hydrogens is 526 g/mol. The molecule has 0 aromatic carbocycles. The number of hydrogen-bond donors (Lipinski definition) is 4. The van der Waals surface area contributed by atoms with Crippen LogP contribution in [0, 0.1) is 17.8 Å². The van der Waals surface area contributed by atoms with Crippen LogP contribution in [0.25, 0.3) is 0 Å². The number of carbonyl (C=O) groups is 3. The number of unbranched alkanes of at least 4 members (excludes halogenated alkanes) is 6. The number of rotatable bonds is 16. The van der Waals surface area contributed by atoms with Crippen LogP contribution in [0.2, 0.25) is 0 Å². The van der Waals surface area contributed by atoms with E-state index in [0.29, 0.717) is 51.1 Å². The molecule has 3 amide bonds. The van der Waals surface area contributed by atoms with Gasteiger partial charge in [-0.15, -0.1) is 0 Å². The molecule has 1 fully saturated rings. The Morgan fingerprint density at radius 2 is 1.68 bits per heavy atom. The summed E-state index contributed by atoms with van der Waals surface area (Å²) in [5.74, 6) is -0.0577. The molecule has 0 radical (unpaired) electrons. The summed E-state index contributed by atoms with van der Waals surface area (Å²) in [6.45, 7) is 11.5. The van der Waals surface area contributed by atoms with Crippen molar-refractivity contribution >= 4 is 24.0 Å². The van der Waals surface area contributed by atoms with Crippen molar-refractivity contribution in [2.45, 2.75) is 118 Å². The lowest BCUT2D eigenvalue weighted by Crippen LogP contribution is -2.51. The standard InChI is InChI=1S/C30H51N5O6/c1-6-7-8-9-12-15-40-25(37)14-11-10-13-16-41-28(39)31-21-30(5)19-23(18-29(3,4)20-30)33-27(38)35-26-32-22(2)17-24(36)34-26/h17,23H,6-16,18-21H2,1-5H3,(H,31,39)(H3,32,33,34,35,36,38). The van der Waals surface area contributed by atoms with E-state index in [1.54, 1.807) is 6.92 Å². The van der Waals surface area contributed by atoms with Gasteiger partial charge in [0.05, 0.1) is 13.2 Å². The van der Waals surface area contributed by atoms with Gasteiger partial charge in [0.15, 0.2) is 0 Å². The van der Waals surface area contributed by atoms with E-state index in [9.17, 15) is 19.2 Å². The Hall–Kier alpha value is -3.11. The molecule has 2 atom stereocenters. The maximum absolute atomic E-state index is 12.6. The van der Waals surface area contributed by atoms with Gasteiger partial charge in [-0.25, -0.2) is 9.59 Å². The molecule has 41 heavy (non-hydrogen) atoms. The molecule has 4 N–H and O–H groups in total. The first-order valence-corrected chi connectivity index (χ1v) is 15.1. The number of aromatic amines is 1. The summed E-state index contributed by atoms with van der Waals surface area (Å²) in [5.41, 5.74) is -0.120. The highest BCUT2D eigenvalue weighted by molar-refractivity contribution is 5.87. The van der Waals surface area contributed by atoms with E-state index in [0.717, 1.165) is 32.1 Å². The van der Waals surface area contributed by atoms with E-state index >= 15 is 0 Å². The topological polar surface area (TPSA) is 152 Å². The predicted molar refractivity (Wildman–Crippen MR) is 159 cm³/mol. The van der Waals surface area contributed by atoms with Crippen molar-refractivity contribution in [1.29, 1.82) is 0 Å². The highest BCUT2D eigenvalue weighted by atomic mass is 16.5. The second-order valence-corrected chi connectivity index (χ2v) is 12.5. The number of amides is 3. The number of esters is 1. The number of nitrogens with one attached hydrogen (secondary N) is 4. The number of anilines is 1. The zero-order valence-electron chi connectivity index (χ0n) is 25.7. The average Bonchev–Trinajstić information content (AvgIpc) is 2.85. The molecule has 0 saturated heterocycles. The Balaban J connectivity index is 1.65. The molecule has 1 saturated carbocycles. The van der Waals surface area contributed by atoms with Crippen LogP contribution in [0.15, 0.2) is 10.9 Å². The number of aryl methyl sites for hydroxylation is 1. The molecule has 1 aliphatic rings.